The fourth-order valence-electron chi connectivity index (χ4n) is 5.90. The summed E-state index contributed by atoms with van der Waals surface area (Å²) in [6.07, 6.45) is 4.20. The summed E-state index contributed by atoms with van der Waals surface area (Å²) in [4.78, 5) is 9.34. The van der Waals surface area contributed by atoms with Crippen molar-refractivity contribution < 1.29 is 4.74 Å². The van der Waals surface area contributed by atoms with E-state index in [4.69, 9.17) is 21.4 Å². The van der Waals surface area contributed by atoms with Gasteiger partial charge in [-0.05, 0) is 48.7 Å². The second kappa shape index (κ2) is 7.01. The van der Waals surface area contributed by atoms with Gasteiger partial charge in [0.05, 0.1) is 31.5 Å². The van der Waals surface area contributed by atoms with E-state index in [1.54, 1.807) is 0 Å². The van der Waals surface area contributed by atoms with Gasteiger partial charge in [0, 0.05) is 42.2 Å². The second-order valence-corrected chi connectivity index (χ2v) is 10.3. The molecular formula is C24H25ClN6O. The van der Waals surface area contributed by atoms with E-state index in [0.717, 1.165) is 74.7 Å². The van der Waals surface area contributed by atoms with Gasteiger partial charge >= 0.3 is 0 Å². The fourth-order valence-corrected chi connectivity index (χ4v) is 6.09. The number of hydrogen-bond donors (Lipinski definition) is 0. The van der Waals surface area contributed by atoms with Crippen LogP contribution in [0.2, 0.25) is 5.02 Å². The lowest BCUT2D eigenvalue weighted by molar-refractivity contribution is -0.0715. The first-order valence-electron chi connectivity index (χ1n) is 11.4. The van der Waals surface area contributed by atoms with Crippen LogP contribution in [0.15, 0.2) is 42.6 Å². The summed E-state index contributed by atoms with van der Waals surface area (Å²) in [5.41, 5.74) is 2.82. The number of rotatable bonds is 3. The highest BCUT2D eigenvalue weighted by atomic mass is 35.5. The highest BCUT2D eigenvalue weighted by molar-refractivity contribution is 6.30. The van der Waals surface area contributed by atoms with E-state index in [1.165, 1.54) is 11.3 Å². The molecule has 1 saturated carbocycles. The lowest BCUT2D eigenvalue weighted by Crippen LogP contribution is -2.62. The molecule has 1 aliphatic carbocycles. The number of halogens is 1. The predicted molar refractivity (Wildman–Crippen MR) is 121 cm³/mol. The lowest BCUT2D eigenvalue weighted by Gasteiger charge is -2.59. The first-order chi connectivity index (χ1) is 15.7. The monoisotopic (exact) mass is 448 g/mol. The zero-order valence-corrected chi connectivity index (χ0v) is 18.6. The minimum absolute atomic E-state index is 0.400. The van der Waals surface area contributed by atoms with Gasteiger partial charge in [-0.2, -0.15) is 0 Å². The Bertz CT molecular complexity index is 1160. The molecule has 1 spiro atoms. The SMILES string of the molecule is Clc1ccc2c(c1)CN(C1COC1)Cc1nnc(C3CC4(C3)CN(c3ccccn3)C4)n1-2. The summed E-state index contributed by atoms with van der Waals surface area (Å²) in [6, 6.07) is 12.8. The lowest BCUT2D eigenvalue weighted by atomic mass is 9.57. The number of anilines is 1. The Kier molecular flexibility index (Phi) is 4.17. The van der Waals surface area contributed by atoms with Crippen LogP contribution in [0, 0.1) is 5.41 Å². The normalized spacial score (nSPS) is 22.5. The van der Waals surface area contributed by atoms with Crippen LogP contribution in [0.4, 0.5) is 5.82 Å². The number of ether oxygens (including phenoxy) is 1. The molecule has 164 valence electrons. The molecule has 2 aromatic heterocycles. The second-order valence-electron chi connectivity index (χ2n) is 9.83. The van der Waals surface area contributed by atoms with E-state index < -0.39 is 0 Å². The smallest absolute Gasteiger partial charge is 0.151 e. The van der Waals surface area contributed by atoms with Crippen molar-refractivity contribution in [2.24, 2.45) is 5.41 Å². The maximum Gasteiger partial charge on any atom is 0.151 e. The van der Waals surface area contributed by atoms with Crippen molar-refractivity contribution in [3.63, 3.8) is 0 Å². The average molecular weight is 449 g/mol. The summed E-state index contributed by atoms with van der Waals surface area (Å²) in [7, 11) is 0. The molecule has 0 bridgehead atoms. The highest BCUT2D eigenvalue weighted by Crippen LogP contribution is 2.56. The van der Waals surface area contributed by atoms with E-state index in [2.05, 4.69) is 48.7 Å². The number of benzene rings is 1. The number of pyridine rings is 1. The maximum absolute atomic E-state index is 6.38. The van der Waals surface area contributed by atoms with E-state index in [-0.39, 0.29) is 0 Å². The molecule has 0 unspecified atom stereocenters. The molecule has 1 aromatic carbocycles. The van der Waals surface area contributed by atoms with Crippen LogP contribution in [-0.2, 0) is 17.8 Å². The van der Waals surface area contributed by atoms with Gasteiger partial charge in [0.25, 0.3) is 0 Å². The van der Waals surface area contributed by atoms with Gasteiger partial charge in [0.15, 0.2) is 5.82 Å². The van der Waals surface area contributed by atoms with E-state index in [0.29, 0.717) is 17.4 Å². The molecule has 0 radical (unpaired) electrons. The molecule has 3 fully saturated rings. The van der Waals surface area contributed by atoms with Crippen LogP contribution in [0.25, 0.3) is 5.69 Å². The maximum atomic E-state index is 6.38. The fraction of sp³-hybridized carbons (Fsp3) is 0.458. The summed E-state index contributed by atoms with van der Waals surface area (Å²) in [5, 5.41) is 10.2. The Morgan fingerprint density at radius 1 is 1.03 bits per heavy atom. The van der Waals surface area contributed by atoms with Crippen molar-refractivity contribution in [1.82, 2.24) is 24.6 Å². The molecule has 5 heterocycles. The number of hydrogen-bond acceptors (Lipinski definition) is 6. The van der Waals surface area contributed by atoms with Crippen LogP contribution in [0.1, 0.15) is 36.0 Å². The molecule has 7 rings (SSSR count). The van der Waals surface area contributed by atoms with Crippen molar-refractivity contribution in [2.75, 3.05) is 31.2 Å². The summed E-state index contributed by atoms with van der Waals surface area (Å²) >= 11 is 6.38. The van der Waals surface area contributed by atoms with Crippen LogP contribution in [0.5, 0.6) is 0 Å². The molecule has 0 amide bonds. The van der Waals surface area contributed by atoms with E-state index in [1.807, 2.05) is 18.3 Å². The quantitative estimate of drug-likeness (QED) is 0.612. The van der Waals surface area contributed by atoms with Gasteiger partial charge in [0.1, 0.15) is 11.6 Å². The Hall–Kier alpha value is -2.48. The van der Waals surface area contributed by atoms with Crippen LogP contribution < -0.4 is 4.90 Å². The molecule has 3 aliphatic heterocycles. The molecule has 7 nitrogen and oxygen atoms in total. The Morgan fingerprint density at radius 3 is 2.66 bits per heavy atom. The zero-order chi connectivity index (χ0) is 21.3. The largest absolute Gasteiger partial charge is 0.378 e. The van der Waals surface area contributed by atoms with Gasteiger partial charge in [-0.1, -0.05) is 17.7 Å². The van der Waals surface area contributed by atoms with Gasteiger partial charge in [0.2, 0.25) is 0 Å². The van der Waals surface area contributed by atoms with Gasteiger partial charge in [-0.25, -0.2) is 4.98 Å². The Morgan fingerprint density at radius 2 is 1.91 bits per heavy atom. The molecule has 2 saturated heterocycles. The van der Waals surface area contributed by atoms with Gasteiger partial charge in [-0.15, -0.1) is 10.2 Å². The third kappa shape index (κ3) is 2.91. The minimum atomic E-state index is 0.400. The molecule has 3 aromatic rings. The number of aromatic nitrogens is 4. The van der Waals surface area contributed by atoms with Crippen molar-refractivity contribution in [3.8, 4) is 5.69 Å². The van der Waals surface area contributed by atoms with Gasteiger partial charge < -0.3 is 9.64 Å². The van der Waals surface area contributed by atoms with Crippen molar-refractivity contribution in [2.45, 2.75) is 37.9 Å². The summed E-state index contributed by atoms with van der Waals surface area (Å²) in [5.74, 6) is 3.67. The third-order valence-electron chi connectivity index (χ3n) is 7.64. The first-order valence-corrected chi connectivity index (χ1v) is 11.8. The Labute approximate surface area is 192 Å². The van der Waals surface area contributed by atoms with Crippen molar-refractivity contribution in [1.29, 1.82) is 0 Å². The molecular weight excluding hydrogens is 424 g/mol. The van der Waals surface area contributed by atoms with Crippen LogP contribution in [0.3, 0.4) is 0 Å². The van der Waals surface area contributed by atoms with Crippen LogP contribution in [-0.4, -0.2) is 57.0 Å². The topological polar surface area (TPSA) is 59.3 Å². The third-order valence-corrected chi connectivity index (χ3v) is 7.88. The number of nitrogens with zero attached hydrogens (tertiary/aromatic N) is 6. The van der Waals surface area contributed by atoms with E-state index >= 15 is 0 Å². The first kappa shape index (κ1) is 19.0. The molecule has 4 aliphatic rings. The molecule has 0 N–H and O–H groups in total. The number of fused-ring (bicyclic) bond motifs is 3. The van der Waals surface area contributed by atoms with Gasteiger partial charge in [-0.3, -0.25) is 9.47 Å². The Balaban J connectivity index is 1.16. The molecule has 0 atom stereocenters. The van der Waals surface area contributed by atoms with Crippen molar-refractivity contribution >= 4 is 17.4 Å². The molecule has 8 heteroatoms. The van der Waals surface area contributed by atoms with Crippen LogP contribution >= 0.6 is 11.6 Å². The highest BCUT2D eigenvalue weighted by Gasteiger charge is 2.54. The van der Waals surface area contributed by atoms with Crippen molar-refractivity contribution in [3.05, 3.63) is 64.8 Å². The van der Waals surface area contributed by atoms with E-state index in [9.17, 15) is 0 Å². The minimum Gasteiger partial charge on any atom is -0.378 e. The molecule has 32 heavy (non-hydrogen) atoms. The predicted octanol–water partition coefficient (Wildman–Crippen LogP) is 3.41. The summed E-state index contributed by atoms with van der Waals surface area (Å²) in [6.45, 7) is 5.40. The summed E-state index contributed by atoms with van der Waals surface area (Å²) < 4.78 is 7.78. The standard InChI is InChI=1S/C24H25ClN6O/c25-18-4-5-20-16(7-18)10-29(19-12-32-13-19)11-22-27-28-23(31(20)22)17-8-24(9-17)14-30(15-24)21-3-1-2-6-26-21/h1-7,17,19H,8-15H2. The average Bonchev–Trinajstić information content (AvgIpc) is 3.01. The zero-order valence-electron chi connectivity index (χ0n) is 17.8.